The molecule has 1 N–H and O–H groups in total. The molecule has 4 nitrogen and oxygen atoms in total. The van der Waals surface area contributed by atoms with Crippen LogP contribution in [0, 0.1) is 0 Å². The number of hydrogen-bond donors (Lipinski definition) is 1. The minimum atomic E-state index is -0.0385. The lowest BCUT2D eigenvalue weighted by molar-refractivity contribution is -0.115. The van der Waals surface area contributed by atoms with Crippen molar-refractivity contribution < 1.29 is 14.3 Å². The van der Waals surface area contributed by atoms with Gasteiger partial charge in [-0.25, -0.2) is 0 Å². The molecule has 134 valence electrons. The van der Waals surface area contributed by atoms with Gasteiger partial charge in [-0.15, -0.1) is 0 Å². The molecule has 0 heterocycles. The first-order valence-electron chi connectivity index (χ1n) is 8.54. The van der Waals surface area contributed by atoms with Gasteiger partial charge in [0.2, 0.25) is 5.91 Å². The molecule has 0 atom stereocenters. The molecule has 0 unspecified atom stereocenters. The quantitative estimate of drug-likeness (QED) is 0.644. The van der Waals surface area contributed by atoms with Crippen LogP contribution in [0.5, 0.6) is 11.5 Å². The summed E-state index contributed by atoms with van der Waals surface area (Å²) in [6.45, 7) is 6.72. The number of hydrogen-bond acceptors (Lipinski definition) is 3. The Bertz CT molecular complexity index is 731. The molecule has 2 aromatic rings. The van der Waals surface area contributed by atoms with E-state index < -0.39 is 0 Å². The largest absolute Gasteiger partial charge is 0.493 e. The van der Waals surface area contributed by atoms with Crippen LogP contribution in [-0.4, -0.2) is 12.5 Å². The van der Waals surface area contributed by atoms with Crippen molar-refractivity contribution in [2.45, 2.75) is 40.2 Å². The van der Waals surface area contributed by atoms with Gasteiger partial charge in [0, 0.05) is 6.42 Å². The maximum absolute atomic E-state index is 11.8. The molecular weight excluding hydrogens is 382 g/mol. The molecule has 0 radical (unpaired) electrons. The van der Waals surface area contributed by atoms with Gasteiger partial charge in [-0.3, -0.25) is 4.79 Å². The first-order chi connectivity index (χ1) is 12.1. The Morgan fingerprint density at radius 2 is 1.88 bits per heavy atom. The van der Waals surface area contributed by atoms with Crippen LogP contribution in [0.1, 0.15) is 38.3 Å². The highest BCUT2D eigenvalue weighted by Crippen LogP contribution is 2.31. The molecule has 0 spiro atoms. The number of aryl methyl sites for hydroxylation is 1. The van der Waals surface area contributed by atoms with Gasteiger partial charge in [-0.1, -0.05) is 26.0 Å². The molecule has 0 saturated carbocycles. The van der Waals surface area contributed by atoms with E-state index in [9.17, 15) is 4.79 Å². The minimum absolute atomic E-state index is 0.0385. The summed E-state index contributed by atoms with van der Waals surface area (Å²) in [6.07, 6.45) is 1.39. The van der Waals surface area contributed by atoms with Crippen molar-refractivity contribution in [2.75, 3.05) is 11.9 Å². The smallest absolute Gasteiger partial charge is 0.224 e. The fourth-order valence-electron chi connectivity index (χ4n) is 2.39. The van der Waals surface area contributed by atoms with E-state index in [2.05, 4.69) is 34.2 Å². The summed E-state index contributed by atoms with van der Waals surface area (Å²) in [7, 11) is 0. The molecule has 2 aromatic carbocycles. The minimum Gasteiger partial charge on any atom is -0.493 e. The standard InChI is InChI=1S/C20H24BrNO3/c1-4-14-10-11-19(16(21)12-14)25-13-15-17(22-20(23)5-2)8-7-9-18(15)24-6-3/h7-12H,4-6,13H2,1-3H3,(H,22,23). The van der Waals surface area contributed by atoms with E-state index in [1.165, 1.54) is 5.56 Å². The number of rotatable bonds is 8. The third-order valence-corrected chi connectivity index (χ3v) is 4.42. The summed E-state index contributed by atoms with van der Waals surface area (Å²) in [5.74, 6) is 1.44. The Morgan fingerprint density at radius 3 is 2.52 bits per heavy atom. The van der Waals surface area contributed by atoms with Gasteiger partial charge in [0.25, 0.3) is 0 Å². The number of benzene rings is 2. The molecule has 0 aliphatic rings. The van der Waals surface area contributed by atoms with Crippen LogP contribution in [0.2, 0.25) is 0 Å². The Kier molecular flexibility index (Phi) is 7.31. The van der Waals surface area contributed by atoms with Crippen LogP contribution in [0.3, 0.4) is 0 Å². The van der Waals surface area contributed by atoms with Crippen molar-refractivity contribution in [3.05, 3.63) is 52.0 Å². The fourth-order valence-corrected chi connectivity index (χ4v) is 2.93. The topological polar surface area (TPSA) is 47.6 Å². The Morgan fingerprint density at radius 1 is 1.08 bits per heavy atom. The number of nitrogens with one attached hydrogen (secondary N) is 1. The maximum Gasteiger partial charge on any atom is 0.224 e. The van der Waals surface area contributed by atoms with Crippen molar-refractivity contribution in [3.8, 4) is 11.5 Å². The van der Waals surface area contributed by atoms with Gasteiger partial charge in [-0.05, 0) is 59.1 Å². The Hall–Kier alpha value is -2.01. The summed E-state index contributed by atoms with van der Waals surface area (Å²) >= 11 is 3.55. The number of carbonyl (C=O) groups excluding carboxylic acids is 1. The van der Waals surface area contributed by atoms with Gasteiger partial charge in [0.05, 0.1) is 22.3 Å². The second kappa shape index (κ2) is 9.47. The van der Waals surface area contributed by atoms with Crippen LogP contribution in [0.25, 0.3) is 0 Å². The van der Waals surface area contributed by atoms with E-state index in [4.69, 9.17) is 9.47 Å². The Balaban J connectivity index is 2.25. The number of ether oxygens (including phenoxy) is 2. The number of anilines is 1. The molecular formula is C20H24BrNO3. The van der Waals surface area contributed by atoms with Gasteiger partial charge < -0.3 is 14.8 Å². The second-order valence-corrected chi connectivity index (χ2v) is 6.38. The first kappa shape index (κ1) is 19.3. The number of halogens is 1. The highest BCUT2D eigenvalue weighted by molar-refractivity contribution is 9.10. The zero-order chi connectivity index (χ0) is 18.2. The molecule has 5 heteroatoms. The normalized spacial score (nSPS) is 10.4. The van der Waals surface area contributed by atoms with Gasteiger partial charge >= 0.3 is 0 Å². The molecule has 0 aromatic heterocycles. The predicted octanol–water partition coefficient (Wildman–Crippen LogP) is 5.34. The monoisotopic (exact) mass is 405 g/mol. The van der Waals surface area contributed by atoms with Crippen LogP contribution >= 0.6 is 15.9 Å². The lowest BCUT2D eigenvalue weighted by Gasteiger charge is -2.17. The van der Waals surface area contributed by atoms with E-state index in [1.54, 1.807) is 0 Å². The van der Waals surface area contributed by atoms with Crippen LogP contribution < -0.4 is 14.8 Å². The van der Waals surface area contributed by atoms with Crippen molar-refractivity contribution >= 4 is 27.5 Å². The summed E-state index contributed by atoms with van der Waals surface area (Å²) in [5, 5.41) is 2.92. The van der Waals surface area contributed by atoms with Crippen molar-refractivity contribution in [1.29, 1.82) is 0 Å². The van der Waals surface area contributed by atoms with Crippen molar-refractivity contribution in [2.24, 2.45) is 0 Å². The van der Waals surface area contributed by atoms with Crippen molar-refractivity contribution in [1.82, 2.24) is 0 Å². The number of carbonyl (C=O) groups is 1. The van der Waals surface area contributed by atoms with E-state index in [0.29, 0.717) is 19.6 Å². The second-order valence-electron chi connectivity index (χ2n) is 5.52. The molecule has 0 fully saturated rings. The van der Waals surface area contributed by atoms with Gasteiger partial charge in [0.1, 0.15) is 18.1 Å². The van der Waals surface area contributed by atoms with Gasteiger partial charge in [0.15, 0.2) is 0 Å². The summed E-state index contributed by atoms with van der Waals surface area (Å²) in [6, 6.07) is 11.7. The lowest BCUT2D eigenvalue weighted by Crippen LogP contribution is -2.13. The molecule has 25 heavy (non-hydrogen) atoms. The van der Waals surface area contributed by atoms with Crippen LogP contribution in [-0.2, 0) is 17.8 Å². The van der Waals surface area contributed by atoms with Crippen LogP contribution in [0.4, 0.5) is 5.69 Å². The molecule has 0 aliphatic carbocycles. The zero-order valence-corrected chi connectivity index (χ0v) is 16.5. The Labute approximate surface area is 157 Å². The molecule has 0 bridgehead atoms. The maximum atomic E-state index is 11.8. The van der Waals surface area contributed by atoms with E-state index in [0.717, 1.165) is 33.6 Å². The van der Waals surface area contributed by atoms with Crippen LogP contribution in [0.15, 0.2) is 40.9 Å². The average molecular weight is 406 g/mol. The summed E-state index contributed by atoms with van der Waals surface area (Å²) < 4.78 is 12.6. The highest BCUT2D eigenvalue weighted by atomic mass is 79.9. The lowest BCUT2D eigenvalue weighted by atomic mass is 10.1. The third kappa shape index (κ3) is 5.23. The predicted molar refractivity (Wildman–Crippen MR) is 104 cm³/mol. The SMILES string of the molecule is CCOc1cccc(NC(=O)CC)c1COc1ccc(CC)cc1Br. The molecule has 0 saturated heterocycles. The van der Waals surface area contributed by atoms with E-state index in [-0.39, 0.29) is 5.91 Å². The average Bonchev–Trinajstić information content (AvgIpc) is 2.62. The van der Waals surface area contributed by atoms with Crippen molar-refractivity contribution in [3.63, 3.8) is 0 Å². The highest BCUT2D eigenvalue weighted by Gasteiger charge is 2.13. The zero-order valence-electron chi connectivity index (χ0n) is 14.9. The first-order valence-corrected chi connectivity index (χ1v) is 9.34. The molecule has 1 amide bonds. The third-order valence-electron chi connectivity index (χ3n) is 3.80. The summed E-state index contributed by atoms with van der Waals surface area (Å²) in [5.41, 5.74) is 2.79. The fraction of sp³-hybridized carbons (Fsp3) is 0.350. The van der Waals surface area contributed by atoms with E-state index >= 15 is 0 Å². The van der Waals surface area contributed by atoms with Gasteiger partial charge in [-0.2, -0.15) is 0 Å². The van der Waals surface area contributed by atoms with E-state index in [1.807, 2.05) is 44.2 Å². The molecule has 0 aliphatic heterocycles. The molecule has 2 rings (SSSR count). The number of amides is 1. The summed E-state index contributed by atoms with van der Waals surface area (Å²) in [4.78, 5) is 11.8.